The fourth-order valence-electron chi connectivity index (χ4n) is 1.66. The van der Waals surface area contributed by atoms with Crippen molar-refractivity contribution in [3.8, 4) is 0 Å². The monoisotopic (exact) mass is 323 g/mol. The molecule has 1 atom stereocenters. The molecule has 0 heterocycles. The van der Waals surface area contributed by atoms with Gasteiger partial charge in [-0.25, -0.2) is 0 Å². The van der Waals surface area contributed by atoms with Gasteiger partial charge in [-0.05, 0) is 33.6 Å². The van der Waals surface area contributed by atoms with Crippen molar-refractivity contribution in [1.82, 2.24) is 5.32 Å². The van der Waals surface area contributed by atoms with Crippen LogP contribution in [0.1, 0.15) is 40.5 Å². The number of hydrogen-bond acceptors (Lipinski definition) is 3. The quantitative estimate of drug-likeness (QED) is 0.221. The summed E-state index contributed by atoms with van der Waals surface area (Å²) in [7, 11) is 0. The number of ketones is 1. The van der Waals surface area contributed by atoms with E-state index in [0.29, 0.717) is 5.75 Å². The van der Waals surface area contributed by atoms with E-state index in [1.807, 2.05) is 0 Å². The van der Waals surface area contributed by atoms with Crippen LogP contribution in [0, 0.1) is 0 Å². The van der Waals surface area contributed by atoms with E-state index in [9.17, 15) is 9.59 Å². The molecule has 0 bridgehead atoms. The molecule has 0 spiro atoms. The Morgan fingerprint density at radius 3 is 2.45 bits per heavy atom. The van der Waals surface area contributed by atoms with Crippen LogP contribution in [0.25, 0.3) is 5.53 Å². The second kappa shape index (κ2) is 12.0. The van der Waals surface area contributed by atoms with Crippen molar-refractivity contribution in [2.45, 2.75) is 46.6 Å². The molecule has 0 unspecified atom stereocenters. The van der Waals surface area contributed by atoms with Gasteiger partial charge in [-0.3, -0.25) is 9.59 Å². The van der Waals surface area contributed by atoms with Crippen LogP contribution in [0.4, 0.5) is 0 Å². The van der Waals surface area contributed by atoms with Gasteiger partial charge in [-0.2, -0.15) is 16.6 Å². The molecule has 0 fully saturated rings. The number of hydrogen-bond donors (Lipinski definition) is 1. The van der Waals surface area contributed by atoms with Gasteiger partial charge in [0, 0.05) is 18.4 Å². The minimum absolute atomic E-state index is 0.279. The van der Waals surface area contributed by atoms with Crippen molar-refractivity contribution in [3.05, 3.63) is 28.8 Å². The largest absolute Gasteiger partial charge is 0.361 e. The first-order valence-electron chi connectivity index (χ1n) is 7.22. The maximum Gasteiger partial charge on any atom is 0.325 e. The summed E-state index contributed by atoms with van der Waals surface area (Å²) in [6, 6.07) is -0.655. The first-order valence-corrected chi connectivity index (χ1v) is 8.37. The first kappa shape index (κ1) is 20.3. The number of nitrogens with one attached hydrogen (secondary N) is 1. The highest BCUT2D eigenvalue weighted by molar-refractivity contribution is 7.99. The molecule has 0 radical (unpaired) electrons. The zero-order valence-electron chi connectivity index (χ0n) is 13.8. The van der Waals surface area contributed by atoms with Gasteiger partial charge >= 0.3 is 6.21 Å². The maximum absolute atomic E-state index is 11.7. The molecule has 0 aliphatic rings. The van der Waals surface area contributed by atoms with Crippen molar-refractivity contribution in [2.24, 2.45) is 0 Å². The molecule has 0 rings (SSSR count). The number of thioether (sulfide) groups is 1. The standard InChI is InChI=1S/C16H25N3O2S/c1-12(2)6-5-7-13(3)8-9-22-11-15(19-14(4)20)16(21)10-18-17/h6,8,10,15H,5,7,9,11H2,1-4H3,(H,19,20)/b13-8+/t15-/m0/s1. The Labute approximate surface area is 136 Å². The first-order chi connectivity index (χ1) is 10.4. The Morgan fingerprint density at radius 1 is 1.23 bits per heavy atom. The molecule has 0 aromatic carbocycles. The number of allylic oxidation sites excluding steroid dienone is 3. The molecule has 0 saturated heterocycles. The number of rotatable bonds is 10. The maximum atomic E-state index is 11.7. The molecule has 0 aliphatic carbocycles. The minimum atomic E-state index is -0.655. The van der Waals surface area contributed by atoms with Gasteiger partial charge in [0.05, 0.1) is 0 Å². The van der Waals surface area contributed by atoms with Gasteiger partial charge in [-0.1, -0.05) is 23.3 Å². The van der Waals surface area contributed by atoms with Crippen LogP contribution < -0.4 is 5.32 Å². The van der Waals surface area contributed by atoms with Gasteiger partial charge in [0.2, 0.25) is 5.91 Å². The van der Waals surface area contributed by atoms with Crippen LogP contribution in [0.15, 0.2) is 23.3 Å². The summed E-state index contributed by atoms with van der Waals surface area (Å²) in [5, 5.41) is 2.56. The van der Waals surface area contributed by atoms with E-state index in [4.69, 9.17) is 5.53 Å². The van der Waals surface area contributed by atoms with Gasteiger partial charge in [-0.15, -0.1) is 0 Å². The van der Waals surface area contributed by atoms with Gasteiger partial charge in [0.25, 0.3) is 5.78 Å². The third-order valence-corrected chi connectivity index (χ3v) is 3.80. The second-order valence-corrected chi connectivity index (χ2v) is 6.38. The second-order valence-electron chi connectivity index (χ2n) is 5.31. The summed E-state index contributed by atoms with van der Waals surface area (Å²) in [6.45, 7) is 7.62. The Kier molecular flexibility index (Phi) is 11.1. The van der Waals surface area contributed by atoms with Crippen molar-refractivity contribution in [3.63, 3.8) is 0 Å². The fraction of sp³-hybridized carbons (Fsp3) is 0.562. The lowest BCUT2D eigenvalue weighted by atomic mass is 10.1. The van der Waals surface area contributed by atoms with Crippen LogP contribution >= 0.6 is 11.8 Å². The summed E-state index contributed by atoms with van der Waals surface area (Å²) < 4.78 is 0. The normalized spacial score (nSPS) is 12.1. The molecule has 5 nitrogen and oxygen atoms in total. The van der Waals surface area contributed by atoms with E-state index in [1.165, 1.54) is 18.1 Å². The summed E-state index contributed by atoms with van der Waals surface area (Å²) in [5.74, 6) is 0.538. The molecule has 0 aromatic heterocycles. The number of carbonyl (C=O) groups excluding carboxylic acids is 2. The predicted octanol–water partition coefficient (Wildman–Crippen LogP) is 2.79. The number of nitrogens with zero attached hydrogens (tertiary/aromatic N) is 2. The van der Waals surface area contributed by atoms with Crippen molar-refractivity contribution >= 4 is 29.7 Å². The smallest absolute Gasteiger partial charge is 0.325 e. The van der Waals surface area contributed by atoms with Crippen LogP contribution in [0.2, 0.25) is 0 Å². The zero-order valence-corrected chi connectivity index (χ0v) is 14.6. The van der Waals surface area contributed by atoms with E-state index in [1.54, 1.807) is 11.8 Å². The van der Waals surface area contributed by atoms with Crippen LogP contribution in [-0.2, 0) is 9.59 Å². The average Bonchev–Trinajstić information content (AvgIpc) is 2.41. The lowest BCUT2D eigenvalue weighted by molar-refractivity contribution is -0.124. The highest BCUT2D eigenvalue weighted by atomic mass is 32.2. The summed E-state index contributed by atoms with van der Waals surface area (Å²) >= 11 is 1.55. The molecular weight excluding hydrogens is 298 g/mol. The predicted molar refractivity (Wildman–Crippen MR) is 92.0 cm³/mol. The molecule has 6 heteroatoms. The van der Waals surface area contributed by atoms with Gasteiger partial charge in [0.15, 0.2) is 0 Å². The highest BCUT2D eigenvalue weighted by Crippen LogP contribution is 2.10. The summed E-state index contributed by atoms with van der Waals surface area (Å²) in [5.41, 5.74) is 11.0. The number of amides is 1. The molecule has 0 saturated carbocycles. The van der Waals surface area contributed by atoms with Crippen LogP contribution in [0.5, 0.6) is 0 Å². The van der Waals surface area contributed by atoms with Crippen molar-refractivity contribution < 1.29 is 14.4 Å². The lowest BCUT2D eigenvalue weighted by Crippen LogP contribution is -2.42. The van der Waals surface area contributed by atoms with E-state index in [2.05, 4.69) is 43.0 Å². The molecule has 0 aromatic rings. The average molecular weight is 323 g/mol. The third-order valence-electron chi connectivity index (χ3n) is 2.83. The molecule has 1 N–H and O–H groups in total. The molecular formula is C16H25N3O2S. The topological polar surface area (TPSA) is 82.6 Å². The Balaban J connectivity index is 4.26. The van der Waals surface area contributed by atoms with Gasteiger partial charge < -0.3 is 10.8 Å². The van der Waals surface area contributed by atoms with Crippen molar-refractivity contribution in [1.29, 1.82) is 0 Å². The molecule has 22 heavy (non-hydrogen) atoms. The Morgan fingerprint density at radius 2 is 1.91 bits per heavy atom. The molecule has 0 aliphatic heterocycles. The highest BCUT2D eigenvalue weighted by Gasteiger charge is 2.20. The lowest BCUT2D eigenvalue weighted by Gasteiger charge is -2.12. The minimum Gasteiger partial charge on any atom is -0.361 e. The number of Topliss-reactive ketones (excluding diaryl/α,β-unsaturated/α-hetero) is 1. The summed E-state index contributed by atoms with van der Waals surface area (Å²) in [6.07, 6.45) is 7.23. The van der Waals surface area contributed by atoms with E-state index < -0.39 is 11.8 Å². The molecule has 122 valence electrons. The van der Waals surface area contributed by atoms with Crippen molar-refractivity contribution in [2.75, 3.05) is 11.5 Å². The Hall–Kier alpha value is -1.65. The zero-order chi connectivity index (χ0) is 17.0. The third kappa shape index (κ3) is 11.1. The van der Waals surface area contributed by atoms with E-state index in [-0.39, 0.29) is 5.91 Å². The SMILES string of the molecule is CC(=O)N[C@@H](CSC/C=C(\C)CCC=C(C)C)C(=O)C=[N+]=[N-]. The van der Waals surface area contributed by atoms with Gasteiger partial charge in [0.1, 0.15) is 6.04 Å². The van der Waals surface area contributed by atoms with E-state index >= 15 is 0 Å². The molecule has 1 amide bonds. The van der Waals surface area contributed by atoms with Crippen LogP contribution in [0.3, 0.4) is 0 Å². The Bertz CT molecular complexity index is 488. The fourth-order valence-corrected chi connectivity index (χ4v) is 2.69. The van der Waals surface area contributed by atoms with E-state index in [0.717, 1.165) is 24.8 Å². The summed E-state index contributed by atoms with van der Waals surface area (Å²) in [4.78, 5) is 25.4. The number of carbonyl (C=O) groups is 2. The van der Waals surface area contributed by atoms with Crippen LogP contribution in [-0.4, -0.2) is 40.2 Å².